The van der Waals surface area contributed by atoms with Crippen molar-refractivity contribution in [2.24, 2.45) is 28.6 Å². The fraction of sp³-hybridized carbons (Fsp3) is 0.576. The Hall–Kier alpha value is -3.41. The van der Waals surface area contributed by atoms with Crippen molar-refractivity contribution in [1.29, 1.82) is 0 Å². The lowest BCUT2D eigenvalue weighted by molar-refractivity contribution is -0.238. The highest BCUT2D eigenvalue weighted by Gasteiger charge is 2.78. The van der Waals surface area contributed by atoms with Crippen LogP contribution in [0, 0.1) is 28.6 Å². The number of rotatable bonds is 6. The number of esters is 2. The van der Waals surface area contributed by atoms with Crippen LogP contribution in [0.4, 0.5) is 22.0 Å². The number of aliphatic hydroxyl groups excluding tert-OH is 1. The van der Waals surface area contributed by atoms with Gasteiger partial charge in [0.1, 0.15) is 6.17 Å². The third-order valence-corrected chi connectivity index (χ3v) is 10.9. The van der Waals surface area contributed by atoms with Crippen molar-refractivity contribution in [3.63, 3.8) is 0 Å². The van der Waals surface area contributed by atoms with Crippen molar-refractivity contribution in [3.05, 3.63) is 59.2 Å². The van der Waals surface area contributed by atoms with E-state index in [1.54, 1.807) is 6.92 Å². The number of hydrogen-bond donors (Lipinski definition) is 1. The van der Waals surface area contributed by atoms with E-state index < -0.39 is 112 Å². The molecule has 0 spiro atoms. The number of benzene rings is 1. The third-order valence-electron chi connectivity index (χ3n) is 10.9. The molecule has 1 N–H and O–H groups in total. The molecule has 244 valence electrons. The Labute approximate surface area is 256 Å². The highest BCUT2D eigenvalue weighted by Crippen LogP contribution is 2.71. The Morgan fingerprint density at radius 1 is 1.09 bits per heavy atom. The number of halogens is 5. The lowest BCUT2D eigenvalue weighted by atomic mass is 9.44. The van der Waals surface area contributed by atoms with Crippen molar-refractivity contribution < 1.29 is 55.7 Å². The molecule has 3 fully saturated rings. The number of carbonyl (C=O) groups is 4. The second-order valence-electron chi connectivity index (χ2n) is 13.1. The van der Waals surface area contributed by atoms with Gasteiger partial charge in [-0.05, 0) is 55.9 Å². The van der Waals surface area contributed by atoms with Gasteiger partial charge in [0, 0.05) is 34.7 Å². The van der Waals surface area contributed by atoms with E-state index in [1.165, 1.54) is 32.9 Å². The van der Waals surface area contributed by atoms with Gasteiger partial charge in [0.05, 0.1) is 11.7 Å². The summed E-state index contributed by atoms with van der Waals surface area (Å²) in [5.41, 5.74) is -9.88. The second kappa shape index (κ2) is 10.8. The van der Waals surface area contributed by atoms with Gasteiger partial charge in [-0.15, -0.1) is 0 Å². The molecular weight excluding hydrogens is 603 g/mol. The summed E-state index contributed by atoms with van der Waals surface area (Å²) < 4.78 is 85.1. The first-order chi connectivity index (χ1) is 20.9. The van der Waals surface area contributed by atoms with Crippen LogP contribution in [0.15, 0.2) is 48.1 Å². The summed E-state index contributed by atoms with van der Waals surface area (Å²) in [6, 6.07) is 4.01. The number of hydrogen-bond acceptors (Lipinski definition) is 7. The quantitative estimate of drug-likeness (QED) is 0.243. The summed E-state index contributed by atoms with van der Waals surface area (Å²) in [7, 11) is 0. The molecule has 0 aliphatic heterocycles. The third kappa shape index (κ3) is 4.60. The Kier molecular flexibility index (Phi) is 7.95. The number of Topliss-reactive ketones (excluding diaryl/α,β-unsaturated/α-hetero) is 1. The summed E-state index contributed by atoms with van der Waals surface area (Å²) >= 11 is 0. The lowest BCUT2D eigenvalue weighted by Gasteiger charge is -2.63. The molecule has 4 aliphatic carbocycles. The number of ketones is 2. The molecule has 0 bridgehead atoms. The first-order valence-corrected chi connectivity index (χ1v) is 14.9. The minimum absolute atomic E-state index is 0.0427. The van der Waals surface area contributed by atoms with Gasteiger partial charge in [0.15, 0.2) is 18.1 Å². The van der Waals surface area contributed by atoms with Crippen molar-refractivity contribution in [2.75, 3.05) is 6.61 Å². The molecule has 1 aromatic rings. The zero-order valence-corrected chi connectivity index (χ0v) is 25.3. The van der Waals surface area contributed by atoms with Crippen LogP contribution in [0.3, 0.4) is 0 Å². The van der Waals surface area contributed by atoms with Crippen LogP contribution < -0.4 is 0 Å². The summed E-state index contributed by atoms with van der Waals surface area (Å²) in [6.45, 7) is 4.87. The molecule has 12 heteroatoms. The average molecular weight is 639 g/mol. The van der Waals surface area contributed by atoms with Gasteiger partial charge in [0.2, 0.25) is 11.4 Å². The van der Waals surface area contributed by atoms with Gasteiger partial charge in [-0.2, -0.15) is 13.2 Å². The number of ether oxygens (including phenoxy) is 2. The maximum absolute atomic E-state index is 17.5. The predicted molar refractivity (Wildman–Crippen MR) is 149 cm³/mol. The fourth-order valence-corrected chi connectivity index (χ4v) is 8.76. The molecule has 3 saturated carbocycles. The van der Waals surface area contributed by atoms with Crippen LogP contribution in [-0.2, 0) is 30.0 Å². The minimum Gasteiger partial charge on any atom is -0.454 e. The molecule has 0 aromatic heterocycles. The van der Waals surface area contributed by atoms with Crippen LogP contribution in [0.25, 0.3) is 0 Å². The van der Waals surface area contributed by atoms with Crippen LogP contribution in [0.2, 0.25) is 0 Å². The molecule has 5 rings (SSSR count). The summed E-state index contributed by atoms with van der Waals surface area (Å²) in [5, 5.41) is 11.6. The largest absolute Gasteiger partial charge is 0.454 e. The maximum atomic E-state index is 17.5. The Morgan fingerprint density at radius 2 is 1.76 bits per heavy atom. The Morgan fingerprint density at radius 3 is 2.40 bits per heavy atom. The molecule has 9 atom stereocenters. The topological polar surface area (TPSA) is 107 Å². The van der Waals surface area contributed by atoms with Crippen LogP contribution >= 0.6 is 0 Å². The average Bonchev–Trinajstić information content (AvgIpc) is 3.19. The maximum Gasteiger partial charge on any atom is 0.417 e. The lowest BCUT2D eigenvalue weighted by Crippen LogP contribution is -2.71. The summed E-state index contributed by atoms with van der Waals surface area (Å²) in [5.74, 6) is -6.63. The number of alkyl halides is 5. The van der Waals surface area contributed by atoms with Gasteiger partial charge in [-0.25, -0.2) is 13.6 Å². The van der Waals surface area contributed by atoms with E-state index in [2.05, 4.69) is 0 Å². The van der Waals surface area contributed by atoms with E-state index in [0.717, 1.165) is 30.4 Å². The highest BCUT2D eigenvalue weighted by atomic mass is 19.4. The number of fused-ring (bicyclic) bond motifs is 5. The van der Waals surface area contributed by atoms with E-state index >= 15 is 8.78 Å². The molecule has 1 aromatic carbocycles. The van der Waals surface area contributed by atoms with E-state index in [1.807, 2.05) is 0 Å². The second-order valence-corrected chi connectivity index (χ2v) is 13.1. The molecule has 0 radical (unpaired) electrons. The fourth-order valence-electron chi connectivity index (χ4n) is 8.76. The van der Waals surface area contributed by atoms with Gasteiger partial charge in [-0.3, -0.25) is 14.4 Å². The first kappa shape index (κ1) is 33.0. The molecule has 0 amide bonds. The zero-order valence-electron chi connectivity index (χ0n) is 25.3. The summed E-state index contributed by atoms with van der Waals surface area (Å²) in [6.07, 6.45) is -5.94. The van der Waals surface area contributed by atoms with E-state index in [-0.39, 0.29) is 18.4 Å². The number of allylic oxidation sites excluding steroid dienone is 4. The van der Waals surface area contributed by atoms with Crippen LogP contribution in [0.5, 0.6) is 0 Å². The molecule has 4 aliphatic rings. The van der Waals surface area contributed by atoms with Crippen molar-refractivity contribution in [2.45, 2.75) is 83.1 Å². The molecule has 45 heavy (non-hydrogen) atoms. The molecule has 0 unspecified atom stereocenters. The Balaban J connectivity index is 1.53. The number of aliphatic hydroxyl groups is 1. The monoisotopic (exact) mass is 638 g/mol. The zero-order chi connectivity index (χ0) is 33.3. The SMILES string of the molecule is CCC(=O)O[C@]1(C(=O)OCC(=O)c2ccccc2C(F)(F)F)[C@H](C)C[C@H]2[C@@H]3C[C@H](F)C4=CC(=O)C=C[C@]4(C)[C@@]3(F)[C@@H](O)C[C@@]21C. The minimum atomic E-state index is -4.85. The smallest absolute Gasteiger partial charge is 0.417 e. The normalized spacial score (nSPS) is 38.8. The standard InChI is InChI=1S/C33H35F5O7/c1-5-27(42)45-32(28(43)44-16-25(40)19-8-6-7-9-20(19)33(36,37)38)17(2)12-21-22-14-24(34)23-13-18(39)10-11-29(23,3)31(22,35)26(41)15-30(21,32)4/h6-11,13,17,21-22,24,26,41H,5,12,14-16H2,1-4H3/t17-,21+,22+,24+,26+,29+,30+,31+,32+/m1/s1. The Bertz CT molecular complexity index is 1500. The molecule has 0 saturated heterocycles. The van der Waals surface area contributed by atoms with Crippen molar-refractivity contribution in [1.82, 2.24) is 0 Å². The highest BCUT2D eigenvalue weighted by molar-refractivity contribution is 6.01. The molecule has 7 nitrogen and oxygen atoms in total. The first-order valence-electron chi connectivity index (χ1n) is 14.9. The van der Waals surface area contributed by atoms with Crippen LogP contribution in [-0.4, -0.2) is 58.8 Å². The van der Waals surface area contributed by atoms with E-state index in [9.17, 15) is 37.5 Å². The van der Waals surface area contributed by atoms with Gasteiger partial charge >= 0.3 is 18.1 Å². The summed E-state index contributed by atoms with van der Waals surface area (Å²) in [4.78, 5) is 51.9. The van der Waals surface area contributed by atoms with E-state index in [0.29, 0.717) is 0 Å². The van der Waals surface area contributed by atoms with Crippen molar-refractivity contribution >= 4 is 23.5 Å². The van der Waals surface area contributed by atoms with Crippen LogP contribution in [0.1, 0.15) is 69.3 Å². The predicted octanol–water partition coefficient (Wildman–Crippen LogP) is 5.69. The van der Waals surface area contributed by atoms with E-state index in [4.69, 9.17) is 9.47 Å². The van der Waals surface area contributed by atoms with Gasteiger partial charge < -0.3 is 14.6 Å². The number of carbonyl (C=O) groups excluding carboxylic acids is 4. The van der Waals surface area contributed by atoms with Crippen molar-refractivity contribution in [3.8, 4) is 0 Å². The van der Waals surface area contributed by atoms with Gasteiger partial charge in [-0.1, -0.05) is 45.0 Å². The molecule has 0 heterocycles. The van der Waals surface area contributed by atoms with Gasteiger partial charge in [0.25, 0.3) is 0 Å². The molecular formula is C33H35F5O7.